The second-order valence-electron chi connectivity index (χ2n) is 7.14. The molecule has 4 aromatic carbocycles. The summed E-state index contributed by atoms with van der Waals surface area (Å²) in [5.41, 5.74) is 1.22. The smallest absolute Gasteiger partial charge is 0.265 e. The van der Waals surface area contributed by atoms with E-state index in [-0.39, 0.29) is 11.7 Å². The monoisotopic (exact) mass is 429 g/mol. The third-order valence-corrected chi connectivity index (χ3v) is 5.16. The molecule has 0 radical (unpaired) electrons. The van der Waals surface area contributed by atoms with E-state index in [2.05, 4.69) is 5.32 Å². The van der Waals surface area contributed by atoms with Gasteiger partial charge >= 0.3 is 0 Å². The molecule has 4 nitrogen and oxygen atoms in total. The molecule has 0 saturated carbocycles. The first-order valence-electron chi connectivity index (χ1n) is 9.87. The molecule has 4 rings (SSSR count). The first kappa shape index (κ1) is 20.6. The van der Waals surface area contributed by atoms with Crippen LogP contribution in [-0.4, -0.2) is 17.8 Å². The number of hydrogen-bond donors (Lipinski definition) is 1. The van der Waals surface area contributed by atoms with E-state index in [1.807, 2.05) is 48.5 Å². The van der Waals surface area contributed by atoms with Crippen LogP contribution in [0.3, 0.4) is 0 Å². The molecule has 0 aromatic heterocycles. The third kappa shape index (κ3) is 4.76. The Labute approximate surface area is 185 Å². The molecule has 0 spiro atoms. The SMILES string of the molecule is C[C@H](Oc1ccc2ccccc2c1)C(=O)Nc1ccc(Cl)cc1C(=O)c1ccccc1. The molecule has 0 bridgehead atoms. The second kappa shape index (κ2) is 9.02. The Morgan fingerprint density at radius 1 is 0.839 bits per heavy atom. The van der Waals surface area contributed by atoms with Crippen LogP contribution in [0.15, 0.2) is 91.0 Å². The fraction of sp³-hybridized carbons (Fsp3) is 0.0769. The summed E-state index contributed by atoms with van der Waals surface area (Å²) < 4.78 is 5.84. The predicted octanol–water partition coefficient (Wildman–Crippen LogP) is 6.13. The highest BCUT2D eigenvalue weighted by atomic mass is 35.5. The van der Waals surface area contributed by atoms with E-state index in [9.17, 15) is 9.59 Å². The average molecular weight is 430 g/mol. The molecule has 0 aliphatic rings. The van der Waals surface area contributed by atoms with Gasteiger partial charge in [-0.25, -0.2) is 0 Å². The summed E-state index contributed by atoms with van der Waals surface area (Å²) >= 11 is 6.11. The summed E-state index contributed by atoms with van der Waals surface area (Å²) in [5.74, 6) is 0.0112. The lowest BCUT2D eigenvalue weighted by Gasteiger charge is -2.17. The van der Waals surface area contributed by atoms with Gasteiger partial charge in [-0.1, -0.05) is 72.3 Å². The van der Waals surface area contributed by atoms with E-state index in [0.29, 0.717) is 27.6 Å². The van der Waals surface area contributed by atoms with Crippen molar-refractivity contribution in [3.05, 3.63) is 107 Å². The van der Waals surface area contributed by atoms with Crippen molar-refractivity contribution in [1.29, 1.82) is 0 Å². The van der Waals surface area contributed by atoms with E-state index >= 15 is 0 Å². The van der Waals surface area contributed by atoms with Crippen molar-refractivity contribution in [2.75, 3.05) is 5.32 Å². The summed E-state index contributed by atoms with van der Waals surface area (Å²) in [5, 5.41) is 5.34. The summed E-state index contributed by atoms with van der Waals surface area (Å²) in [4.78, 5) is 25.7. The lowest BCUT2D eigenvalue weighted by atomic mass is 10.0. The minimum Gasteiger partial charge on any atom is -0.481 e. The van der Waals surface area contributed by atoms with Crippen molar-refractivity contribution in [2.24, 2.45) is 0 Å². The van der Waals surface area contributed by atoms with E-state index in [1.165, 1.54) is 0 Å². The number of anilines is 1. The van der Waals surface area contributed by atoms with Gasteiger partial charge in [-0.15, -0.1) is 0 Å². The van der Waals surface area contributed by atoms with Crippen LogP contribution in [0.5, 0.6) is 5.75 Å². The first-order valence-corrected chi connectivity index (χ1v) is 10.2. The van der Waals surface area contributed by atoms with Gasteiger partial charge in [0, 0.05) is 16.1 Å². The number of carbonyl (C=O) groups excluding carboxylic acids is 2. The molecule has 0 aliphatic heterocycles. The van der Waals surface area contributed by atoms with Crippen molar-refractivity contribution >= 4 is 39.8 Å². The van der Waals surface area contributed by atoms with Crippen LogP contribution in [0.1, 0.15) is 22.8 Å². The van der Waals surface area contributed by atoms with Crippen LogP contribution < -0.4 is 10.1 Å². The zero-order valence-electron chi connectivity index (χ0n) is 16.8. The van der Waals surface area contributed by atoms with Crippen LogP contribution in [0.2, 0.25) is 5.02 Å². The fourth-order valence-corrected chi connectivity index (χ4v) is 3.46. The topological polar surface area (TPSA) is 55.4 Å². The van der Waals surface area contributed by atoms with Crippen molar-refractivity contribution in [3.8, 4) is 5.75 Å². The maximum absolute atomic E-state index is 12.9. The summed E-state index contributed by atoms with van der Waals surface area (Å²) in [6, 6.07) is 27.3. The Bertz CT molecular complexity index is 1250. The maximum atomic E-state index is 12.9. The number of fused-ring (bicyclic) bond motifs is 1. The van der Waals surface area contributed by atoms with Crippen LogP contribution in [0.4, 0.5) is 5.69 Å². The van der Waals surface area contributed by atoms with E-state index in [0.717, 1.165) is 10.8 Å². The molecule has 31 heavy (non-hydrogen) atoms. The Hall–Kier alpha value is -3.63. The number of nitrogens with one attached hydrogen (secondary N) is 1. The van der Waals surface area contributed by atoms with Gasteiger partial charge in [0.25, 0.3) is 5.91 Å². The molecule has 5 heteroatoms. The maximum Gasteiger partial charge on any atom is 0.265 e. The van der Waals surface area contributed by atoms with Gasteiger partial charge in [-0.3, -0.25) is 9.59 Å². The van der Waals surface area contributed by atoms with Crippen molar-refractivity contribution in [1.82, 2.24) is 0 Å². The standard InChI is InChI=1S/C26H20ClNO3/c1-17(31-22-13-11-18-7-5-6-10-20(18)15-22)26(30)28-24-14-12-21(27)16-23(24)25(29)19-8-3-2-4-9-19/h2-17H,1H3,(H,28,30)/t17-/m0/s1. The number of carbonyl (C=O) groups is 2. The van der Waals surface area contributed by atoms with Gasteiger partial charge in [0.05, 0.1) is 5.69 Å². The van der Waals surface area contributed by atoms with E-state index in [1.54, 1.807) is 49.4 Å². The number of rotatable bonds is 6. The quantitative estimate of drug-likeness (QED) is 0.375. The van der Waals surface area contributed by atoms with Gasteiger partial charge < -0.3 is 10.1 Å². The molecule has 0 fully saturated rings. The Morgan fingerprint density at radius 2 is 1.55 bits per heavy atom. The fourth-order valence-electron chi connectivity index (χ4n) is 3.29. The van der Waals surface area contributed by atoms with Crippen LogP contribution in [-0.2, 0) is 4.79 Å². The summed E-state index contributed by atoms with van der Waals surface area (Å²) in [6.07, 6.45) is -0.767. The average Bonchev–Trinajstić information content (AvgIpc) is 2.80. The molecule has 154 valence electrons. The van der Waals surface area contributed by atoms with Gasteiger partial charge in [0.2, 0.25) is 0 Å². The molecule has 0 saturated heterocycles. The Morgan fingerprint density at radius 3 is 2.32 bits per heavy atom. The number of hydrogen-bond acceptors (Lipinski definition) is 3. The van der Waals surface area contributed by atoms with E-state index < -0.39 is 6.10 Å². The molecule has 1 N–H and O–H groups in total. The molecule has 0 unspecified atom stereocenters. The minimum atomic E-state index is -0.767. The van der Waals surface area contributed by atoms with Crippen LogP contribution >= 0.6 is 11.6 Å². The molecular weight excluding hydrogens is 410 g/mol. The zero-order chi connectivity index (χ0) is 21.8. The third-order valence-electron chi connectivity index (χ3n) is 4.92. The molecule has 0 heterocycles. The number of amides is 1. The van der Waals surface area contributed by atoms with Crippen molar-refractivity contribution in [3.63, 3.8) is 0 Å². The summed E-state index contributed by atoms with van der Waals surface area (Å²) in [7, 11) is 0. The number of ether oxygens (including phenoxy) is 1. The highest BCUT2D eigenvalue weighted by molar-refractivity contribution is 6.31. The van der Waals surface area contributed by atoms with Crippen molar-refractivity contribution < 1.29 is 14.3 Å². The molecule has 1 atom stereocenters. The number of halogens is 1. The summed E-state index contributed by atoms with van der Waals surface area (Å²) in [6.45, 7) is 1.67. The largest absolute Gasteiger partial charge is 0.481 e. The van der Waals surface area contributed by atoms with Crippen molar-refractivity contribution in [2.45, 2.75) is 13.0 Å². The number of ketones is 1. The van der Waals surface area contributed by atoms with Crippen LogP contribution in [0.25, 0.3) is 10.8 Å². The normalized spacial score (nSPS) is 11.7. The Kier molecular flexibility index (Phi) is 6.01. The second-order valence-corrected chi connectivity index (χ2v) is 7.58. The zero-order valence-corrected chi connectivity index (χ0v) is 17.6. The molecular formula is C26H20ClNO3. The Balaban J connectivity index is 1.53. The molecule has 0 aliphatic carbocycles. The van der Waals surface area contributed by atoms with Crippen LogP contribution in [0, 0.1) is 0 Å². The highest BCUT2D eigenvalue weighted by Gasteiger charge is 2.20. The first-order chi connectivity index (χ1) is 15.0. The lowest BCUT2D eigenvalue weighted by molar-refractivity contribution is -0.122. The number of benzene rings is 4. The predicted molar refractivity (Wildman–Crippen MR) is 124 cm³/mol. The van der Waals surface area contributed by atoms with Gasteiger partial charge in [0.15, 0.2) is 11.9 Å². The van der Waals surface area contributed by atoms with Gasteiger partial charge in [-0.2, -0.15) is 0 Å². The highest BCUT2D eigenvalue weighted by Crippen LogP contribution is 2.25. The molecule has 4 aromatic rings. The van der Waals surface area contributed by atoms with E-state index in [4.69, 9.17) is 16.3 Å². The lowest BCUT2D eigenvalue weighted by Crippen LogP contribution is -2.30. The van der Waals surface area contributed by atoms with Gasteiger partial charge in [-0.05, 0) is 48.0 Å². The molecule has 1 amide bonds. The van der Waals surface area contributed by atoms with Gasteiger partial charge in [0.1, 0.15) is 5.75 Å². The minimum absolute atomic E-state index is 0.221.